The normalized spacial score (nSPS) is 23.1. The van der Waals surface area contributed by atoms with E-state index >= 15 is 0 Å². The van der Waals surface area contributed by atoms with Gasteiger partial charge in [-0.3, -0.25) is 14.5 Å². The summed E-state index contributed by atoms with van der Waals surface area (Å²) >= 11 is 1.94. The number of aromatic nitrogens is 3. The van der Waals surface area contributed by atoms with E-state index in [0.717, 1.165) is 52.4 Å². The van der Waals surface area contributed by atoms with Crippen LogP contribution >= 0.6 is 11.3 Å². The van der Waals surface area contributed by atoms with E-state index in [4.69, 9.17) is 4.74 Å². The smallest absolute Gasteiger partial charge is 0.137 e. The summed E-state index contributed by atoms with van der Waals surface area (Å²) in [7, 11) is 0. The van der Waals surface area contributed by atoms with Gasteiger partial charge in [0.25, 0.3) is 0 Å². The highest BCUT2D eigenvalue weighted by Crippen LogP contribution is 2.33. The Hall–Kier alpha value is -1.28. The van der Waals surface area contributed by atoms with Crippen LogP contribution in [0, 0.1) is 0 Å². The third kappa shape index (κ3) is 4.67. The first-order valence-corrected chi connectivity index (χ1v) is 10.2. The molecule has 0 bridgehead atoms. The summed E-state index contributed by atoms with van der Waals surface area (Å²) in [6.07, 6.45) is 7.45. The van der Waals surface area contributed by atoms with Gasteiger partial charge in [-0.05, 0) is 31.4 Å². The minimum Gasteiger partial charge on any atom is -0.373 e. The van der Waals surface area contributed by atoms with Gasteiger partial charge in [0.15, 0.2) is 0 Å². The molecule has 0 aliphatic carbocycles. The van der Waals surface area contributed by atoms with Gasteiger partial charge in [-0.1, -0.05) is 0 Å². The van der Waals surface area contributed by atoms with E-state index in [1.165, 1.54) is 29.0 Å². The lowest BCUT2D eigenvalue weighted by Crippen LogP contribution is -2.46. The lowest BCUT2D eigenvalue weighted by atomic mass is 10.1. The molecule has 0 amide bonds. The van der Waals surface area contributed by atoms with Crippen LogP contribution < -0.4 is 0 Å². The van der Waals surface area contributed by atoms with Crippen LogP contribution in [-0.2, 0) is 17.8 Å². The molecule has 136 valence electrons. The quantitative estimate of drug-likeness (QED) is 0.791. The highest BCUT2D eigenvalue weighted by atomic mass is 32.1. The van der Waals surface area contributed by atoms with Crippen molar-refractivity contribution in [1.29, 1.82) is 0 Å². The number of thiophene rings is 1. The van der Waals surface area contributed by atoms with Gasteiger partial charge in [0.1, 0.15) is 12.7 Å². The van der Waals surface area contributed by atoms with Crippen molar-refractivity contribution < 1.29 is 4.74 Å². The summed E-state index contributed by atoms with van der Waals surface area (Å²) in [4.78, 5) is 12.0. The van der Waals surface area contributed by atoms with Crippen molar-refractivity contribution >= 4 is 11.3 Å². The van der Waals surface area contributed by atoms with E-state index in [0.29, 0.717) is 6.10 Å². The maximum atomic E-state index is 5.92. The topological polar surface area (TPSA) is 46.4 Å². The van der Waals surface area contributed by atoms with Crippen LogP contribution in [0.5, 0.6) is 0 Å². The molecule has 1 atom stereocenters. The predicted octanol–water partition coefficient (Wildman–Crippen LogP) is 2.40. The first-order chi connectivity index (χ1) is 12.4. The lowest BCUT2D eigenvalue weighted by Gasteiger charge is -2.34. The van der Waals surface area contributed by atoms with Crippen LogP contribution in [0.3, 0.4) is 0 Å². The number of hydrogen-bond acceptors (Lipinski definition) is 6. The van der Waals surface area contributed by atoms with Gasteiger partial charge in [0.2, 0.25) is 0 Å². The molecule has 0 spiro atoms. The van der Waals surface area contributed by atoms with E-state index in [1.807, 2.05) is 16.0 Å². The van der Waals surface area contributed by atoms with Gasteiger partial charge < -0.3 is 4.74 Å². The van der Waals surface area contributed by atoms with Crippen molar-refractivity contribution in [2.24, 2.45) is 0 Å². The second-order valence-corrected chi connectivity index (χ2v) is 8.14. The molecule has 2 aliphatic rings. The lowest BCUT2D eigenvalue weighted by molar-refractivity contribution is 0.0172. The van der Waals surface area contributed by atoms with Crippen molar-refractivity contribution in [2.75, 3.05) is 39.3 Å². The molecule has 6 nitrogen and oxygen atoms in total. The Morgan fingerprint density at radius 3 is 2.72 bits per heavy atom. The van der Waals surface area contributed by atoms with Crippen molar-refractivity contribution in [3.05, 3.63) is 34.5 Å². The van der Waals surface area contributed by atoms with Gasteiger partial charge >= 0.3 is 0 Å². The Morgan fingerprint density at radius 2 is 1.96 bits per heavy atom. The molecule has 25 heavy (non-hydrogen) atoms. The fourth-order valence-electron chi connectivity index (χ4n) is 3.60. The van der Waals surface area contributed by atoms with Gasteiger partial charge in [0.05, 0.1) is 12.6 Å². The van der Waals surface area contributed by atoms with E-state index in [9.17, 15) is 0 Å². The largest absolute Gasteiger partial charge is 0.373 e. The summed E-state index contributed by atoms with van der Waals surface area (Å²) in [6, 6.07) is 4.58. The molecule has 4 heterocycles. The standard InChI is InChI=1S/C18H27N5OS/c1-2-12-24-17(3-1)18-5-4-16(25-18)13-22-8-6-21(7-9-22)10-11-23-15-19-14-20-23/h4-5,14-15,17H,1-3,6-13H2/t17-/m0/s1. The van der Waals surface area contributed by atoms with Crippen LogP contribution in [0.1, 0.15) is 35.1 Å². The molecule has 2 aromatic heterocycles. The molecule has 2 aromatic rings. The summed E-state index contributed by atoms with van der Waals surface area (Å²) in [6.45, 7) is 8.55. The molecular formula is C18H27N5OS. The molecule has 7 heteroatoms. The van der Waals surface area contributed by atoms with Gasteiger partial charge in [-0.25, -0.2) is 4.98 Å². The zero-order valence-electron chi connectivity index (χ0n) is 14.7. The second-order valence-electron chi connectivity index (χ2n) is 6.94. The van der Waals surface area contributed by atoms with Crippen molar-refractivity contribution in [3.8, 4) is 0 Å². The van der Waals surface area contributed by atoms with Gasteiger partial charge in [0, 0.05) is 55.6 Å². The second kappa shape index (κ2) is 8.40. The van der Waals surface area contributed by atoms with Crippen molar-refractivity contribution in [1.82, 2.24) is 24.6 Å². The Morgan fingerprint density at radius 1 is 1.08 bits per heavy atom. The SMILES string of the molecule is c1ncn(CCN2CCN(Cc3ccc([C@@H]4CCCCO4)s3)CC2)n1. The van der Waals surface area contributed by atoms with Gasteiger partial charge in [-0.2, -0.15) is 5.10 Å². The van der Waals surface area contributed by atoms with Crippen LogP contribution in [0.15, 0.2) is 24.8 Å². The Kier molecular flexibility index (Phi) is 5.76. The summed E-state index contributed by atoms with van der Waals surface area (Å²) in [5.74, 6) is 0. The zero-order chi connectivity index (χ0) is 16.9. The van der Waals surface area contributed by atoms with Crippen LogP contribution in [0.25, 0.3) is 0 Å². The van der Waals surface area contributed by atoms with Crippen molar-refractivity contribution in [2.45, 2.75) is 38.5 Å². The number of ether oxygens (including phenoxy) is 1. The van der Waals surface area contributed by atoms with E-state index in [1.54, 1.807) is 12.7 Å². The Labute approximate surface area is 153 Å². The van der Waals surface area contributed by atoms with E-state index < -0.39 is 0 Å². The zero-order valence-corrected chi connectivity index (χ0v) is 15.5. The minimum absolute atomic E-state index is 0.348. The van der Waals surface area contributed by atoms with E-state index in [2.05, 4.69) is 32.0 Å². The molecule has 2 fully saturated rings. The maximum absolute atomic E-state index is 5.92. The predicted molar refractivity (Wildman–Crippen MR) is 98.6 cm³/mol. The minimum atomic E-state index is 0.348. The number of piperazine rings is 1. The van der Waals surface area contributed by atoms with Crippen LogP contribution in [0.4, 0.5) is 0 Å². The van der Waals surface area contributed by atoms with Gasteiger partial charge in [-0.15, -0.1) is 11.3 Å². The number of rotatable bonds is 6. The third-order valence-corrected chi connectivity index (χ3v) is 6.30. The monoisotopic (exact) mass is 361 g/mol. The number of hydrogen-bond donors (Lipinski definition) is 0. The molecule has 0 unspecified atom stereocenters. The van der Waals surface area contributed by atoms with Crippen molar-refractivity contribution in [3.63, 3.8) is 0 Å². The molecule has 0 aromatic carbocycles. The average Bonchev–Trinajstić information content (AvgIpc) is 3.34. The summed E-state index contributed by atoms with van der Waals surface area (Å²) in [5, 5.41) is 4.17. The third-order valence-electron chi connectivity index (χ3n) is 5.14. The first-order valence-electron chi connectivity index (χ1n) is 9.34. The first kappa shape index (κ1) is 17.1. The Bertz CT molecular complexity index is 630. The number of nitrogens with zero attached hydrogens (tertiary/aromatic N) is 5. The van der Waals surface area contributed by atoms with E-state index in [-0.39, 0.29) is 0 Å². The molecule has 0 saturated carbocycles. The fourth-order valence-corrected chi connectivity index (χ4v) is 4.74. The Balaban J connectivity index is 1.21. The summed E-state index contributed by atoms with van der Waals surface area (Å²) in [5.41, 5.74) is 0. The molecule has 0 N–H and O–H groups in total. The fraction of sp³-hybridized carbons (Fsp3) is 0.667. The molecule has 0 radical (unpaired) electrons. The van der Waals surface area contributed by atoms with Crippen LogP contribution in [-0.4, -0.2) is 63.9 Å². The molecule has 2 saturated heterocycles. The highest BCUT2D eigenvalue weighted by molar-refractivity contribution is 7.12. The summed E-state index contributed by atoms with van der Waals surface area (Å²) < 4.78 is 7.83. The molecule has 2 aliphatic heterocycles. The average molecular weight is 362 g/mol. The molecular weight excluding hydrogens is 334 g/mol. The van der Waals surface area contributed by atoms with Crippen LogP contribution in [0.2, 0.25) is 0 Å². The highest BCUT2D eigenvalue weighted by Gasteiger charge is 2.20. The molecule has 4 rings (SSSR count). The maximum Gasteiger partial charge on any atom is 0.137 e.